The number of nitrogens with one attached hydrogen (secondary N) is 1. The average molecular weight is 356 g/mol. The molecular formula is C20H24N2O2S. The fourth-order valence-electron chi connectivity index (χ4n) is 4.02. The van der Waals surface area contributed by atoms with Gasteiger partial charge in [-0.05, 0) is 61.0 Å². The molecule has 2 aromatic rings. The summed E-state index contributed by atoms with van der Waals surface area (Å²) in [7, 11) is 0. The van der Waals surface area contributed by atoms with Crippen molar-refractivity contribution in [1.29, 1.82) is 0 Å². The van der Waals surface area contributed by atoms with Crippen molar-refractivity contribution < 1.29 is 9.90 Å². The van der Waals surface area contributed by atoms with Crippen molar-refractivity contribution in [2.24, 2.45) is 5.92 Å². The van der Waals surface area contributed by atoms with Crippen LogP contribution in [0.5, 0.6) is 0 Å². The number of amides is 1. The summed E-state index contributed by atoms with van der Waals surface area (Å²) >= 11 is 1.73. The largest absolute Gasteiger partial charge is 0.389 e. The van der Waals surface area contributed by atoms with Gasteiger partial charge in [-0.15, -0.1) is 11.3 Å². The first-order chi connectivity index (χ1) is 12.1. The van der Waals surface area contributed by atoms with Crippen molar-refractivity contribution in [2.45, 2.75) is 25.4 Å². The van der Waals surface area contributed by atoms with Crippen molar-refractivity contribution in [2.75, 3.05) is 26.2 Å². The van der Waals surface area contributed by atoms with E-state index in [1.54, 1.807) is 11.3 Å². The molecule has 2 unspecified atom stereocenters. The van der Waals surface area contributed by atoms with Crippen LogP contribution in [0, 0.1) is 12.8 Å². The highest BCUT2D eigenvalue weighted by Gasteiger charge is 2.43. The van der Waals surface area contributed by atoms with Gasteiger partial charge in [0, 0.05) is 36.0 Å². The number of carbonyl (C=O) groups is 1. The third kappa shape index (κ3) is 3.12. The fourth-order valence-corrected chi connectivity index (χ4v) is 4.96. The van der Waals surface area contributed by atoms with E-state index in [1.165, 1.54) is 10.4 Å². The topological polar surface area (TPSA) is 52.6 Å². The van der Waals surface area contributed by atoms with Crippen molar-refractivity contribution in [1.82, 2.24) is 10.2 Å². The molecule has 1 amide bonds. The van der Waals surface area contributed by atoms with Crippen LogP contribution in [0.25, 0.3) is 10.4 Å². The van der Waals surface area contributed by atoms with Crippen molar-refractivity contribution in [3.63, 3.8) is 0 Å². The monoisotopic (exact) mass is 356 g/mol. The zero-order valence-electron chi connectivity index (χ0n) is 14.5. The Labute approximate surface area is 152 Å². The summed E-state index contributed by atoms with van der Waals surface area (Å²) in [6, 6.07) is 10.0. The Kier molecular flexibility index (Phi) is 4.40. The summed E-state index contributed by atoms with van der Waals surface area (Å²) in [5.41, 5.74) is 2.56. The molecule has 0 bridgehead atoms. The summed E-state index contributed by atoms with van der Waals surface area (Å²) in [4.78, 5) is 16.0. The van der Waals surface area contributed by atoms with Crippen molar-refractivity contribution in [3.05, 3.63) is 46.8 Å². The van der Waals surface area contributed by atoms with E-state index in [0.29, 0.717) is 19.5 Å². The van der Waals surface area contributed by atoms with Crippen LogP contribution in [0.1, 0.15) is 28.8 Å². The number of benzene rings is 1. The van der Waals surface area contributed by atoms with Gasteiger partial charge in [-0.1, -0.05) is 12.1 Å². The quantitative estimate of drug-likeness (QED) is 0.870. The summed E-state index contributed by atoms with van der Waals surface area (Å²) in [5.74, 6) is 0.203. The van der Waals surface area contributed by atoms with Gasteiger partial charge < -0.3 is 15.3 Å². The number of hydrogen-bond donors (Lipinski definition) is 2. The molecule has 132 valence electrons. The normalized spacial score (nSPS) is 26.3. The van der Waals surface area contributed by atoms with Crippen LogP contribution >= 0.6 is 11.3 Å². The van der Waals surface area contributed by atoms with Crippen LogP contribution in [-0.4, -0.2) is 47.7 Å². The minimum Gasteiger partial charge on any atom is -0.389 e. The van der Waals surface area contributed by atoms with Crippen molar-refractivity contribution >= 4 is 17.2 Å². The van der Waals surface area contributed by atoms with E-state index in [1.807, 2.05) is 29.2 Å². The zero-order chi connectivity index (χ0) is 17.4. The number of thiophene rings is 1. The van der Waals surface area contributed by atoms with E-state index in [-0.39, 0.29) is 11.8 Å². The number of fused-ring (bicyclic) bond motifs is 1. The van der Waals surface area contributed by atoms with Gasteiger partial charge in [0.2, 0.25) is 0 Å². The highest BCUT2D eigenvalue weighted by atomic mass is 32.1. The van der Waals surface area contributed by atoms with Crippen LogP contribution in [0.15, 0.2) is 35.7 Å². The smallest absolute Gasteiger partial charge is 0.253 e. The van der Waals surface area contributed by atoms with Gasteiger partial charge in [0.1, 0.15) is 0 Å². The standard InChI is InChI=1S/C20H24N2O2S/c1-14-6-11-25-18(14)15-2-4-16(5-3-15)19(23)22-10-8-20(24)7-9-21-12-17(20)13-22/h2-6,11,17,21,24H,7-10,12-13H2,1H3. The Balaban J connectivity index is 1.49. The third-order valence-corrected chi connectivity index (χ3v) is 6.75. The number of likely N-dealkylation sites (tertiary alicyclic amines) is 1. The van der Waals surface area contributed by atoms with Crippen LogP contribution in [-0.2, 0) is 0 Å². The minimum absolute atomic E-state index is 0.0714. The van der Waals surface area contributed by atoms with Gasteiger partial charge in [0.25, 0.3) is 5.91 Å². The van der Waals surface area contributed by atoms with Crippen LogP contribution in [0.4, 0.5) is 0 Å². The van der Waals surface area contributed by atoms with E-state index in [0.717, 1.165) is 30.6 Å². The zero-order valence-corrected chi connectivity index (χ0v) is 15.3. The molecule has 2 aliphatic rings. The predicted molar refractivity (Wildman–Crippen MR) is 101 cm³/mol. The first-order valence-corrected chi connectivity index (χ1v) is 9.82. The number of carbonyl (C=O) groups excluding carboxylic acids is 1. The molecule has 4 rings (SSSR count). The number of aryl methyl sites for hydroxylation is 1. The minimum atomic E-state index is -0.595. The molecule has 2 N–H and O–H groups in total. The third-order valence-electron chi connectivity index (χ3n) is 5.68. The first kappa shape index (κ1) is 16.8. The highest BCUT2D eigenvalue weighted by Crippen LogP contribution is 2.34. The lowest BCUT2D eigenvalue weighted by Gasteiger charge is -2.47. The van der Waals surface area contributed by atoms with E-state index in [4.69, 9.17) is 0 Å². The second kappa shape index (κ2) is 6.56. The maximum atomic E-state index is 12.9. The number of rotatable bonds is 2. The molecule has 3 heterocycles. The Bertz CT molecular complexity index is 770. The Morgan fingerprint density at radius 2 is 2.08 bits per heavy atom. The van der Waals surface area contributed by atoms with Gasteiger partial charge in [0.15, 0.2) is 0 Å². The van der Waals surface area contributed by atoms with Gasteiger partial charge in [-0.2, -0.15) is 0 Å². The molecule has 1 aromatic heterocycles. The molecule has 4 nitrogen and oxygen atoms in total. The molecule has 5 heteroatoms. The molecule has 25 heavy (non-hydrogen) atoms. The van der Waals surface area contributed by atoms with E-state index in [9.17, 15) is 9.90 Å². The summed E-state index contributed by atoms with van der Waals surface area (Å²) in [6.07, 6.45) is 1.46. The molecule has 1 aromatic carbocycles. The van der Waals surface area contributed by atoms with Crippen molar-refractivity contribution in [3.8, 4) is 10.4 Å². The lowest BCUT2D eigenvalue weighted by molar-refractivity contribution is -0.0817. The molecule has 2 atom stereocenters. The molecule has 2 saturated heterocycles. The van der Waals surface area contributed by atoms with Crippen LogP contribution in [0.2, 0.25) is 0 Å². The van der Waals surface area contributed by atoms with E-state index < -0.39 is 5.60 Å². The van der Waals surface area contributed by atoms with E-state index in [2.05, 4.69) is 23.7 Å². The van der Waals surface area contributed by atoms with Gasteiger partial charge in [0.05, 0.1) is 5.60 Å². The van der Waals surface area contributed by atoms with Crippen LogP contribution < -0.4 is 5.32 Å². The molecule has 2 fully saturated rings. The maximum Gasteiger partial charge on any atom is 0.253 e. The Morgan fingerprint density at radius 1 is 1.28 bits per heavy atom. The second-order valence-electron chi connectivity index (χ2n) is 7.27. The lowest BCUT2D eigenvalue weighted by Crippen LogP contribution is -2.59. The summed E-state index contributed by atoms with van der Waals surface area (Å²) < 4.78 is 0. The Morgan fingerprint density at radius 3 is 2.80 bits per heavy atom. The average Bonchev–Trinajstić information content (AvgIpc) is 3.06. The van der Waals surface area contributed by atoms with Gasteiger partial charge >= 0.3 is 0 Å². The second-order valence-corrected chi connectivity index (χ2v) is 8.18. The number of hydrogen-bond acceptors (Lipinski definition) is 4. The molecular weight excluding hydrogens is 332 g/mol. The molecule has 0 saturated carbocycles. The maximum absolute atomic E-state index is 12.9. The number of piperidine rings is 2. The highest BCUT2D eigenvalue weighted by molar-refractivity contribution is 7.13. The number of nitrogens with zero attached hydrogens (tertiary/aromatic N) is 1. The number of aliphatic hydroxyl groups is 1. The molecule has 0 spiro atoms. The van der Waals surface area contributed by atoms with Gasteiger partial charge in [-0.25, -0.2) is 0 Å². The summed E-state index contributed by atoms with van der Waals surface area (Å²) in [5, 5.41) is 16.2. The van der Waals surface area contributed by atoms with Crippen LogP contribution in [0.3, 0.4) is 0 Å². The SMILES string of the molecule is Cc1ccsc1-c1ccc(C(=O)N2CCC3(O)CCNCC3C2)cc1. The van der Waals surface area contributed by atoms with E-state index >= 15 is 0 Å². The fraction of sp³-hybridized carbons (Fsp3) is 0.450. The Hall–Kier alpha value is -1.69. The molecule has 0 aliphatic carbocycles. The first-order valence-electron chi connectivity index (χ1n) is 8.94. The molecule has 0 radical (unpaired) electrons. The summed E-state index contributed by atoms with van der Waals surface area (Å²) in [6.45, 7) is 5.03. The molecule has 2 aliphatic heterocycles. The lowest BCUT2D eigenvalue weighted by atomic mass is 9.76. The van der Waals surface area contributed by atoms with Gasteiger partial charge in [-0.3, -0.25) is 4.79 Å². The predicted octanol–water partition coefficient (Wildman–Crippen LogP) is 2.91.